The van der Waals surface area contributed by atoms with E-state index in [1.807, 2.05) is 16.9 Å². The van der Waals surface area contributed by atoms with Crippen molar-refractivity contribution in [1.29, 1.82) is 0 Å². The molecular weight excluding hydrogens is 358 g/mol. The van der Waals surface area contributed by atoms with Crippen molar-refractivity contribution in [3.05, 3.63) is 58.9 Å². The number of carbonyl (C=O) groups is 1. The van der Waals surface area contributed by atoms with Gasteiger partial charge in [0.25, 0.3) is 0 Å². The van der Waals surface area contributed by atoms with E-state index in [4.69, 9.17) is 4.98 Å². The third-order valence-corrected chi connectivity index (χ3v) is 6.59. The van der Waals surface area contributed by atoms with Crippen molar-refractivity contribution < 1.29 is 4.79 Å². The summed E-state index contributed by atoms with van der Waals surface area (Å²) < 4.78 is 1.84. The van der Waals surface area contributed by atoms with E-state index in [0.717, 1.165) is 35.2 Å². The summed E-state index contributed by atoms with van der Waals surface area (Å²) in [5.74, 6) is 0.145. The number of rotatable bonds is 3. The van der Waals surface area contributed by atoms with Gasteiger partial charge in [-0.3, -0.25) is 4.79 Å². The average molecular weight is 379 g/mol. The van der Waals surface area contributed by atoms with Crippen LogP contribution >= 0.6 is 11.3 Å². The molecule has 0 saturated carbocycles. The molecule has 4 heterocycles. The summed E-state index contributed by atoms with van der Waals surface area (Å²) in [6, 6.07) is 10.3. The first kappa shape index (κ1) is 16.5. The maximum absolute atomic E-state index is 12.3. The van der Waals surface area contributed by atoms with Crippen LogP contribution in [0.25, 0.3) is 5.69 Å². The number of nitrogens with one attached hydrogen (secondary N) is 1. The molecule has 0 aliphatic carbocycles. The molecule has 1 N–H and O–H groups in total. The third kappa shape index (κ3) is 3.12. The minimum absolute atomic E-state index is 0.0584. The molecule has 2 aliphatic rings. The number of amides is 1. The van der Waals surface area contributed by atoms with Crippen LogP contribution in [0.5, 0.6) is 0 Å². The number of hydrogen-bond donors (Lipinski definition) is 1. The number of benzene rings is 1. The lowest BCUT2D eigenvalue weighted by atomic mass is 9.93. The maximum Gasteiger partial charge on any atom is 0.221 e. The number of aromatic nitrogens is 3. The van der Waals surface area contributed by atoms with Crippen LogP contribution in [0.15, 0.2) is 42.7 Å². The summed E-state index contributed by atoms with van der Waals surface area (Å²) in [6.07, 6.45) is 6.64. The Bertz CT molecular complexity index is 941. The topological polar surface area (TPSA) is 63.1 Å². The van der Waals surface area contributed by atoms with E-state index in [-0.39, 0.29) is 11.8 Å². The highest BCUT2D eigenvalue weighted by atomic mass is 32.1. The van der Waals surface area contributed by atoms with Gasteiger partial charge in [0, 0.05) is 42.7 Å². The highest BCUT2D eigenvalue weighted by molar-refractivity contribution is 7.15. The minimum atomic E-state index is 0.0584. The first-order chi connectivity index (χ1) is 13.3. The van der Waals surface area contributed by atoms with E-state index in [1.165, 1.54) is 17.7 Å². The number of thiazole rings is 1. The number of hydrogen-bond acceptors (Lipinski definition) is 5. The van der Waals surface area contributed by atoms with Crippen molar-refractivity contribution in [1.82, 2.24) is 20.1 Å². The molecule has 2 aromatic heterocycles. The Morgan fingerprint density at radius 2 is 1.96 bits per heavy atom. The third-order valence-electron chi connectivity index (χ3n) is 5.32. The van der Waals surface area contributed by atoms with Crippen LogP contribution in [-0.2, 0) is 11.3 Å². The van der Waals surface area contributed by atoms with Crippen molar-refractivity contribution in [3.8, 4) is 5.69 Å². The molecule has 27 heavy (non-hydrogen) atoms. The van der Waals surface area contributed by atoms with Gasteiger partial charge in [0.2, 0.25) is 5.91 Å². The predicted octanol–water partition coefficient (Wildman–Crippen LogP) is 3.08. The normalized spacial score (nSPS) is 19.6. The van der Waals surface area contributed by atoms with E-state index >= 15 is 0 Å². The molecule has 1 atom stereocenters. The molecule has 1 amide bonds. The molecule has 1 saturated heterocycles. The van der Waals surface area contributed by atoms with Crippen molar-refractivity contribution in [2.75, 3.05) is 18.0 Å². The number of fused-ring (bicyclic) bond motifs is 1. The van der Waals surface area contributed by atoms with Crippen molar-refractivity contribution >= 4 is 22.4 Å². The maximum atomic E-state index is 12.3. The van der Waals surface area contributed by atoms with E-state index in [9.17, 15) is 4.79 Å². The zero-order valence-electron chi connectivity index (χ0n) is 15.0. The standard InChI is InChI=1S/C20H21N5OS/c26-18-12-16(14-4-6-15(7-5-14)25-11-3-8-22-25)19-17(13-21-18)23-20(27-19)24-9-1-2-10-24/h3-8,11,16H,1-2,9-10,12-13H2,(H,21,26)/t16-/m1/s1. The fourth-order valence-corrected chi connectivity index (χ4v) is 5.14. The average Bonchev–Trinajstić information content (AvgIpc) is 3.45. The molecule has 0 bridgehead atoms. The molecule has 0 radical (unpaired) electrons. The summed E-state index contributed by atoms with van der Waals surface area (Å²) in [5.41, 5.74) is 3.19. The van der Waals surface area contributed by atoms with Gasteiger partial charge >= 0.3 is 0 Å². The Morgan fingerprint density at radius 1 is 1.15 bits per heavy atom. The first-order valence-electron chi connectivity index (χ1n) is 9.39. The van der Waals surface area contributed by atoms with Gasteiger partial charge in [-0.2, -0.15) is 5.10 Å². The van der Waals surface area contributed by atoms with Gasteiger partial charge in [0.1, 0.15) is 0 Å². The molecule has 0 unspecified atom stereocenters. The lowest BCUT2D eigenvalue weighted by Gasteiger charge is -2.15. The van der Waals surface area contributed by atoms with Gasteiger partial charge < -0.3 is 10.2 Å². The first-order valence-corrected chi connectivity index (χ1v) is 10.2. The summed E-state index contributed by atoms with van der Waals surface area (Å²) in [5, 5.41) is 8.39. The van der Waals surface area contributed by atoms with Crippen LogP contribution < -0.4 is 10.2 Å². The van der Waals surface area contributed by atoms with Gasteiger partial charge in [0.15, 0.2) is 5.13 Å². The molecule has 7 heteroatoms. The van der Waals surface area contributed by atoms with Gasteiger partial charge in [-0.1, -0.05) is 12.1 Å². The minimum Gasteiger partial charge on any atom is -0.350 e. The van der Waals surface area contributed by atoms with Crippen LogP contribution in [0.1, 0.15) is 41.3 Å². The molecular formula is C20H21N5OS. The fraction of sp³-hybridized carbons (Fsp3) is 0.350. The zero-order valence-corrected chi connectivity index (χ0v) is 15.8. The van der Waals surface area contributed by atoms with Crippen LogP contribution in [0.4, 0.5) is 5.13 Å². The van der Waals surface area contributed by atoms with Crippen LogP contribution in [0.2, 0.25) is 0 Å². The molecule has 1 aromatic carbocycles. The second-order valence-electron chi connectivity index (χ2n) is 7.08. The Labute approximate surface area is 161 Å². The van der Waals surface area contributed by atoms with Crippen molar-refractivity contribution in [2.45, 2.75) is 31.7 Å². The number of carbonyl (C=O) groups excluding carboxylic acids is 1. The molecule has 138 valence electrons. The second-order valence-corrected chi connectivity index (χ2v) is 8.09. The van der Waals surface area contributed by atoms with Crippen LogP contribution in [0, 0.1) is 0 Å². The summed E-state index contributed by atoms with van der Waals surface area (Å²) in [4.78, 5) is 20.7. The molecule has 3 aromatic rings. The summed E-state index contributed by atoms with van der Waals surface area (Å²) in [7, 11) is 0. The second kappa shape index (κ2) is 6.81. The number of anilines is 1. The molecule has 2 aliphatic heterocycles. The number of nitrogens with zero attached hydrogens (tertiary/aromatic N) is 4. The van der Waals surface area contributed by atoms with Gasteiger partial charge in [-0.05, 0) is 36.6 Å². The monoisotopic (exact) mass is 379 g/mol. The quantitative estimate of drug-likeness (QED) is 0.760. The lowest BCUT2D eigenvalue weighted by Crippen LogP contribution is -2.22. The van der Waals surface area contributed by atoms with Crippen molar-refractivity contribution in [2.24, 2.45) is 0 Å². The SMILES string of the molecule is O=C1C[C@H](c2ccc(-n3cccn3)cc2)c2sc(N3CCCC3)nc2CN1. The summed E-state index contributed by atoms with van der Waals surface area (Å²) in [6.45, 7) is 2.70. The predicted molar refractivity (Wildman–Crippen MR) is 105 cm³/mol. The highest BCUT2D eigenvalue weighted by Gasteiger charge is 2.29. The van der Waals surface area contributed by atoms with Crippen molar-refractivity contribution in [3.63, 3.8) is 0 Å². The van der Waals surface area contributed by atoms with Crippen LogP contribution in [-0.4, -0.2) is 33.8 Å². The smallest absolute Gasteiger partial charge is 0.221 e. The van der Waals surface area contributed by atoms with E-state index in [1.54, 1.807) is 17.5 Å². The van der Waals surface area contributed by atoms with Crippen LogP contribution in [0.3, 0.4) is 0 Å². The van der Waals surface area contributed by atoms with E-state index < -0.39 is 0 Å². The fourth-order valence-electron chi connectivity index (χ4n) is 3.88. The lowest BCUT2D eigenvalue weighted by molar-refractivity contribution is -0.121. The zero-order chi connectivity index (χ0) is 18.2. The Morgan fingerprint density at radius 3 is 2.70 bits per heavy atom. The van der Waals surface area contributed by atoms with Gasteiger partial charge in [-0.25, -0.2) is 9.67 Å². The van der Waals surface area contributed by atoms with E-state index in [2.05, 4.69) is 39.6 Å². The Hall–Kier alpha value is -2.67. The molecule has 6 nitrogen and oxygen atoms in total. The van der Waals surface area contributed by atoms with E-state index in [0.29, 0.717) is 13.0 Å². The molecule has 0 spiro atoms. The molecule has 1 fully saturated rings. The Balaban J connectivity index is 1.50. The largest absolute Gasteiger partial charge is 0.350 e. The molecule has 5 rings (SSSR count). The highest BCUT2D eigenvalue weighted by Crippen LogP contribution is 2.40. The Kier molecular flexibility index (Phi) is 4.16. The summed E-state index contributed by atoms with van der Waals surface area (Å²) >= 11 is 1.76. The van der Waals surface area contributed by atoms with Gasteiger partial charge in [0.05, 0.1) is 17.9 Å². The van der Waals surface area contributed by atoms with Gasteiger partial charge in [-0.15, -0.1) is 11.3 Å².